The highest BCUT2D eigenvalue weighted by molar-refractivity contribution is 7.25. The third-order valence-electron chi connectivity index (χ3n) is 11.0. The van der Waals surface area contributed by atoms with Gasteiger partial charge in [-0.15, -0.1) is 11.3 Å². The van der Waals surface area contributed by atoms with Crippen LogP contribution in [0.2, 0.25) is 0 Å². The van der Waals surface area contributed by atoms with Crippen molar-refractivity contribution >= 4 is 81.1 Å². The fourth-order valence-corrected chi connectivity index (χ4v) is 9.57. The Morgan fingerprint density at radius 1 is 0.382 bits per heavy atom. The number of aromatic nitrogens is 1. The maximum atomic E-state index is 2.45. The third-order valence-corrected chi connectivity index (χ3v) is 12.1. The Balaban J connectivity index is 1.09. The number of fused-ring (bicyclic) bond motifs is 7. The molecule has 2 heterocycles. The molecular weight excluding hydrogens is 685 g/mol. The van der Waals surface area contributed by atoms with Gasteiger partial charge in [0.1, 0.15) is 0 Å². The molecule has 0 bridgehead atoms. The van der Waals surface area contributed by atoms with Crippen LogP contribution in [0, 0.1) is 0 Å². The average molecular weight is 719 g/mol. The van der Waals surface area contributed by atoms with Crippen molar-refractivity contribution in [3.05, 3.63) is 206 Å². The van der Waals surface area contributed by atoms with Gasteiger partial charge in [-0.1, -0.05) is 133 Å². The van der Waals surface area contributed by atoms with Gasteiger partial charge in [0, 0.05) is 47.9 Å². The van der Waals surface area contributed by atoms with Crippen molar-refractivity contribution in [2.75, 3.05) is 4.90 Å². The molecule has 0 N–H and O–H groups in total. The minimum atomic E-state index is 1.10. The molecule has 258 valence electrons. The summed E-state index contributed by atoms with van der Waals surface area (Å²) in [6.07, 6.45) is 0. The number of nitrogens with zero attached hydrogens (tertiary/aromatic N) is 2. The fourth-order valence-electron chi connectivity index (χ4n) is 8.43. The zero-order valence-electron chi connectivity index (χ0n) is 29.9. The quantitative estimate of drug-likeness (QED) is 0.166. The summed E-state index contributed by atoms with van der Waals surface area (Å²) >= 11 is 1.87. The van der Waals surface area contributed by atoms with Crippen LogP contribution in [-0.4, -0.2) is 4.57 Å². The van der Waals surface area contributed by atoms with Crippen LogP contribution in [0.15, 0.2) is 206 Å². The summed E-state index contributed by atoms with van der Waals surface area (Å²) in [5.41, 5.74) is 11.6. The van der Waals surface area contributed by atoms with Crippen LogP contribution >= 0.6 is 11.3 Å². The van der Waals surface area contributed by atoms with E-state index in [1.54, 1.807) is 0 Å². The van der Waals surface area contributed by atoms with Gasteiger partial charge >= 0.3 is 0 Å². The van der Waals surface area contributed by atoms with E-state index >= 15 is 0 Å². The van der Waals surface area contributed by atoms with E-state index in [1.807, 2.05) is 11.3 Å². The fraction of sp³-hybridized carbons (Fsp3) is 0. The molecule has 55 heavy (non-hydrogen) atoms. The van der Waals surface area contributed by atoms with Crippen LogP contribution in [0.4, 0.5) is 17.1 Å². The zero-order valence-corrected chi connectivity index (χ0v) is 30.7. The number of hydrogen-bond donors (Lipinski definition) is 0. The topological polar surface area (TPSA) is 8.17 Å². The highest BCUT2D eigenvalue weighted by Crippen LogP contribution is 2.47. The molecule has 0 unspecified atom stereocenters. The standard InChI is InChI=1S/C52H34N2S/c1-3-14-36(15-4-1)42-18-7-10-21-46(42)54(49-24-13-23-48-52(49)44-20-8-11-22-47(44)53(48)40-16-5-2-6-17-40)41-30-28-35(29-31-41)37-26-27-38-33-45-43-19-9-12-25-50(43)55-51(45)34-39(38)32-37/h1-34H. The Kier molecular flexibility index (Phi) is 7.39. The summed E-state index contributed by atoms with van der Waals surface area (Å²) in [5, 5.41) is 7.64. The first-order valence-corrected chi connectivity index (χ1v) is 19.6. The summed E-state index contributed by atoms with van der Waals surface area (Å²) in [5.74, 6) is 0. The normalized spacial score (nSPS) is 11.6. The van der Waals surface area contributed by atoms with Gasteiger partial charge in [0.25, 0.3) is 0 Å². The predicted octanol–water partition coefficient (Wildman–Crippen LogP) is 15.1. The van der Waals surface area contributed by atoms with Gasteiger partial charge in [-0.3, -0.25) is 0 Å². The van der Waals surface area contributed by atoms with E-state index in [1.165, 1.54) is 75.0 Å². The number of rotatable bonds is 6. The largest absolute Gasteiger partial charge is 0.309 e. The minimum Gasteiger partial charge on any atom is -0.309 e. The van der Waals surface area contributed by atoms with Crippen molar-refractivity contribution in [3.8, 4) is 27.9 Å². The molecule has 0 aliphatic heterocycles. The first-order valence-electron chi connectivity index (χ1n) is 18.8. The Morgan fingerprint density at radius 2 is 1.05 bits per heavy atom. The second kappa shape index (κ2) is 12.9. The zero-order chi connectivity index (χ0) is 36.3. The molecule has 11 rings (SSSR count). The van der Waals surface area contributed by atoms with Crippen LogP contribution in [0.25, 0.3) is 80.7 Å². The van der Waals surface area contributed by atoms with Gasteiger partial charge in [-0.05, 0) is 100 Å². The third kappa shape index (κ3) is 5.24. The molecule has 3 heteroatoms. The van der Waals surface area contributed by atoms with Crippen molar-refractivity contribution < 1.29 is 0 Å². The lowest BCUT2D eigenvalue weighted by molar-refractivity contribution is 1.18. The highest BCUT2D eigenvalue weighted by Gasteiger charge is 2.23. The van der Waals surface area contributed by atoms with E-state index in [-0.39, 0.29) is 0 Å². The molecule has 0 fully saturated rings. The molecule has 0 radical (unpaired) electrons. The molecule has 2 nitrogen and oxygen atoms in total. The Morgan fingerprint density at radius 3 is 1.91 bits per heavy atom. The summed E-state index contributed by atoms with van der Waals surface area (Å²) in [7, 11) is 0. The number of para-hydroxylation sites is 3. The molecular formula is C52H34N2S. The van der Waals surface area contributed by atoms with Crippen LogP contribution in [-0.2, 0) is 0 Å². The lowest BCUT2D eigenvalue weighted by Crippen LogP contribution is -2.11. The van der Waals surface area contributed by atoms with Crippen molar-refractivity contribution in [1.29, 1.82) is 0 Å². The van der Waals surface area contributed by atoms with Gasteiger partial charge in [-0.2, -0.15) is 0 Å². The molecule has 2 aromatic heterocycles. The average Bonchev–Trinajstić information content (AvgIpc) is 3.79. The van der Waals surface area contributed by atoms with E-state index in [4.69, 9.17) is 0 Å². The second-order valence-corrected chi connectivity index (χ2v) is 15.2. The van der Waals surface area contributed by atoms with E-state index in [9.17, 15) is 0 Å². The Bertz CT molecular complexity index is 3190. The van der Waals surface area contributed by atoms with Gasteiger partial charge in [-0.25, -0.2) is 0 Å². The van der Waals surface area contributed by atoms with Crippen LogP contribution < -0.4 is 4.90 Å². The number of anilines is 3. The smallest absolute Gasteiger partial charge is 0.0562 e. The monoisotopic (exact) mass is 718 g/mol. The van der Waals surface area contributed by atoms with E-state index in [2.05, 4.69) is 216 Å². The van der Waals surface area contributed by atoms with Crippen molar-refractivity contribution in [1.82, 2.24) is 4.57 Å². The van der Waals surface area contributed by atoms with Crippen LogP contribution in [0.5, 0.6) is 0 Å². The van der Waals surface area contributed by atoms with Gasteiger partial charge in [0.2, 0.25) is 0 Å². The summed E-state index contributed by atoms with van der Waals surface area (Å²) < 4.78 is 5.06. The van der Waals surface area contributed by atoms with Gasteiger partial charge in [0.05, 0.1) is 22.4 Å². The maximum Gasteiger partial charge on any atom is 0.0562 e. The highest BCUT2D eigenvalue weighted by atomic mass is 32.1. The van der Waals surface area contributed by atoms with Gasteiger partial charge in [0.15, 0.2) is 0 Å². The molecule has 9 aromatic carbocycles. The lowest BCUT2D eigenvalue weighted by Gasteiger charge is -2.29. The molecule has 0 atom stereocenters. The molecule has 0 amide bonds. The van der Waals surface area contributed by atoms with Gasteiger partial charge < -0.3 is 9.47 Å². The first-order chi connectivity index (χ1) is 27.3. The van der Waals surface area contributed by atoms with E-state index in [0.717, 1.165) is 22.7 Å². The van der Waals surface area contributed by atoms with Crippen LogP contribution in [0.1, 0.15) is 0 Å². The number of thiophene rings is 1. The number of hydrogen-bond acceptors (Lipinski definition) is 2. The molecule has 11 aromatic rings. The van der Waals surface area contributed by atoms with E-state index < -0.39 is 0 Å². The Hall–Kier alpha value is -6.94. The molecule has 0 spiro atoms. The minimum absolute atomic E-state index is 1.10. The Labute approximate surface area is 323 Å². The first kappa shape index (κ1) is 31.6. The van der Waals surface area contributed by atoms with E-state index in [0.29, 0.717) is 0 Å². The maximum absolute atomic E-state index is 2.45. The summed E-state index contributed by atoms with van der Waals surface area (Å²) in [4.78, 5) is 2.45. The van der Waals surface area contributed by atoms with Crippen LogP contribution in [0.3, 0.4) is 0 Å². The van der Waals surface area contributed by atoms with Crippen molar-refractivity contribution in [3.63, 3.8) is 0 Å². The summed E-state index contributed by atoms with van der Waals surface area (Å²) in [6, 6.07) is 75.2. The number of benzene rings is 9. The van der Waals surface area contributed by atoms with Crippen molar-refractivity contribution in [2.45, 2.75) is 0 Å². The molecule has 0 saturated heterocycles. The SMILES string of the molecule is c1ccc(-c2ccccc2N(c2ccc(-c3ccc4cc5c(cc4c3)sc3ccccc35)cc2)c2cccc3c2c2ccccc2n3-c2ccccc2)cc1. The molecule has 0 saturated carbocycles. The summed E-state index contributed by atoms with van der Waals surface area (Å²) in [6.45, 7) is 0. The van der Waals surface area contributed by atoms with Crippen molar-refractivity contribution in [2.24, 2.45) is 0 Å². The molecule has 0 aliphatic carbocycles. The molecule has 0 aliphatic rings. The second-order valence-electron chi connectivity index (χ2n) is 14.1. The predicted molar refractivity (Wildman–Crippen MR) is 237 cm³/mol. The lowest BCUT2D eigenvalue weighted by atomic mass is 9.98.